The third-order valence-electron chi connectivity index (χ3n) is 5.25. The molecule has 1 N–H and O–H groups in total. The molecule has 0 aromatic heterocycles. The van der Waals surface area contributed by atoms with Crippen LogP contribution in [-0.2, 0) is 16.1 Å². The van der Waals surface area contributed by atoms with Crippen molar-refractivity contribution in [3.05, 3.63) is 34.6 Å². The molecule has 1 atom stereocenters. The van der Waals surface area contributed by atoms with Gasteiger partial charge < -0.3 is 10.0 Å². The van der Waals surface area contributed by atoms with E-state index in [0.717, 1.165) is 25.9 Å². The monoisotopic (exact) mass is 435 g/mol. The van der Waals surface area contributed by atoms with Crippen LogP contribution in [0.5, 0.6) is 0 Å². The molecular formula is C19H28Cl2FN3O3. The first-order chi connectivity index (χ1) is 12.7. The molecule has 0 radical (unpaired) electrons. The van der Waals surface area contributed by atoms with Gasteiger partial charge in [0.2, 0.25) is 5.91 Å². The van der Waals surface area contributed by atoms with Gasteiger partial charge in [0, 0.05) is 43.3 Å². The Morgan fingerprint density at radius 2 is 1.93 bits per heavy atom. The molecule has 0 bridgehead atoms. The first-order valence-electron chi connectivity index (χ1n) is 9.04. The summed E-state index contributed by atoms with van der Waals surface area (Å²) < 4.78 is 14.0. The maximum atomic E-state index is 14.0. The fourth-order valence-electron chi connectivity index (χ4n) is 3.53. The summed E-state index contributed by atoms with van der Waals surface area (Å²) in [5.74, 6) is -1.35. The predicted octanol–water partition coefficient (Wildman–Crippen LogP) is 2.73. The summed E-state index contributed by atoms with van der Waals surface area (Å²) in [7, 11) is 3.46. The molecular weight excluding hydrogens is 408 g/mol. The number of carboxylic acid groups (broad SMARTS) is 1. The van der Waals surface area contributed by atoms with Gasteiger partial charge in [-0.15, -0.1) is 12.4 Å². The highest BCUT2D eigenvalue weighted by Gasteiger charge is 2.30. The number of halogens is 3. The second kappa shape index (κ2) is 11.0. The highest BCUT2D eigenvalue weighted by molar-refractivity contribution is 6.31. The van der Waals surface area contributed by atoms with Crippen LogP contribution in [0.2, 0.25) is 5.02 Å². The summed E-state index contributed by atoms with van der Waals surface area (Å²) >= 11 is 6.05. The molecule has 158 valence electrons. The fourth-order valence-corrected chi connectivity index (χ4v) is 3.75. The van der Waals surface area contributed by atoms with Crippen molar-refractivity contribution in [2.45, 2.75) is 38.4 Å². The Hall–Kier alpha value is -1.41. The first-order valence-corrected chi connectivity index (χ1v) is 9.42. The summed E-state index contributed by atoms with van der Waals surface area (Å²) in [6, 6.07) is 4.36. The molecule has 1 amide bonds. The largest absolute Gasteiger partial charge is 0.480 e. The van der Waals surface area contributed by atoms with Gasteiger partial charge in [0.25, 0.3) is 0 Å². The minimum atomic E-state index is -0.836. The number of nitrogens with zero attached hydrogens (tertiary/aromatic N) is 3. The van der Waals surface area contributed by atoms with E-state index in [1.54, 1.807) is 13.1 Å². The maximum absolute atomic E-state index is 14.0. The van der Waals surface area contributed by atoms with Crippen LogP contribution in [0.25, 0.3) is 0 Å². The number of benzene rings is 1. The van der Waals surface area contributed by atoms with Crippen LogP contribution < -0.4 is 0 Å². The summed E-state index contributed by atoms with van der Waals surface area (Å²) in [5.41, 5.74) is 0.316. The lowest BCUT2D eigenvalue weighted by molar-refractivity contribution is -0.138. The van der Waals surface area contributed by atoms with Crippen LogP contribution in [0.4, 0.5) is 4.39 Å². The smallest absolute Gasteiger partial charge is 0.317 e. The lowest BCUT2D eigenvalue weighted by atomic mass is 10.0. The predicted molar refractivity (Wildman–Crippen MR) is 109 cm³/mol. The van der Waals surface area contributed by atoms with Gasteiger partial charge in [0.1, 0.15) is 5.82 Å². The SMILES string of the molecule is CC(C(=O)N(C)Cc1c(F)cccc1Cl)N1CCC(N(C)CC(=O)O)CC1.Cl. The molecule has 1 aliphatic rings. The van der Waals surface area contributed by atoms with Crippen LogP contribution in [-0.4, -0.2) is 77.5 Å². The molecule has 1 aliphatic heterocycles. The molecule has 9 heteroatoms. The van der Waals surface area contributed by atoms with Crippen molar-refractivity contribution in [2.24, 2.45) is 0 Å². The normalized spacial score (nSPS) is 16.5. The molecule has 0 saturated carbocycles. The van der Waals surface area contributed by atoms with E-state index in [4.69, 9.17) is 16.7 Å². The number of hydrogen-bond donors (Lipinski definition) is 1. The van der Waals surface area contributed by atoms with E-state index in [0.29, 0.717) is 10.6 Å². The van der Waals surface area contributed by atoms with E-state index in [-0.39, 0.29) is 43.5 Å². The number of likely N-dealkylation sites (tertiary alicyclic amines) is 1. The average Bonchev–Trinajstić information content (AvgIpc) is 2.63. The molecule has 1 saturated heterocycles. The Bertz CT molecular complexity index is 664. The van der Waals surface area contributed by atoms with E-state index in [1.807, 2.05) is 18.9 Å². The third-order valence-corrected chi connectivity index (χ3v) is 5.60. The number of carboxylic acids is 1. The van der Waals surface area contributed by atoms with Crippen LogP contribution in [0, 0.1) is 5.82 Å². The molecule has 1 aromatic rings. The number of piperidine rings is 1. The zero-order chi connectivity index (χ0) is 20.1. The van der Waals surface area contributed by atoms with Gasteiger partial charge in [-0.3, -0.25) is 19.4 Å². The number of carbonyl (C=O) groups is 2. The molecule has 6 nitrogen and oxygen atoms in total. The summed E-state index contributed by atoms with van der Waals surface area (Å²) in [6.07, 6.45) is 1.62. The van der Waals surface area contributed by atoms with Crippen LogP contribution in [0.15, 0.2) is 18.2 Å². The maximum Gasteiger partial charge on any atom is 0.317 e. The average molecular weight is 436 g/mol. The van der Waals surface area contributed by atoms with Gasteiger partial charge in [-0.1, -0.05) is 17.7 Å². The highest BCUT2D eigenvalue weighted by atomic mass is 35.5. The van der Waals surface area contributed by atoms with E-state index >= 15 is 0 Å². The molecule has 1 unspecified atom stereocenters. The molecule has 28 heavy (non-hydrogen) atoms. The molecule has 1 aromatic carbocycles. The number of aliphatic carboxylic acids is 1. The topological polar surface area (TPSA) is 64.1 Å². The lowest BCUT2D eigenvalue weighted by Gasteiger charge is -2.39. The zero-order valence-electron chi connectivity index (χ0n) is 16.4. The van der Waals surface area contributed by atoms with Crippen LogP contribution >= 0.6 is 24.0 Å². The van der Waals surface area contributed by atoms with E-state index in [9.17, 15) is 14.0 Å². The van der Waals surface area contributed by atoms with Gasteiger partial charge in [0.15, 0.2) is 0 Å². The van der Waals surface area contributed by atoms with Gasteiger partial charge in [-0.2, -0.15) is 0 Å². The highest BCUT2D eigenvalue weighted by Crippen LogP contribution is 2.22. The zero-order valence-corrected chi connectivity index (χ0v) is 18.0. The second-order valence-corrected chi connectivity index (χ2v) is 7.55. The fraction of sp³-hybridized carbons (Fsp3) is 0.579. The summed E-state index contributed by atoms with van der Waals surface area (Å²) in [4.78, 5) is 29.0. The summed E-state index contributed by atoms with van der Waals surface area (Å²) in [6.45, 7) is 3.42. The van der Waals surface area contributed by atoms with Crippen molar-refractivity contribution in [1.29, 1.82) is 0 Å². The number of likely N-dealkylation sites (N-methyl/N-ethyl adjacent to an activating group) is 2. The molecule has 0 spiro atoms. The van der Waals surface area contributed by atoms with Crippen molar-refractivity contribution in [2.75, 3.05) is 33.7 Å². The number of rotatable bonds is 7. The van der Waals surface area contributed by atoms with E-state index < -0.39 is 11.8 Å². The minimum Gasteiger partial charge on any atom is -0.480 e. The Balaban J connectivity index is 0.00000392. The molecule has 1 heterocycles. The lowest BCUT2D eigenvalue weighted by Crippen LogP contribution is -2.51. The van der Waals surface area contributed by atoms with Gasteiger partial charge in [-0.25, -0.2) is 4.39 Å². The molecule has 1 fully saturated rings. The van der Waals surface area contributed by atoms with Gasteiger partial charge in [-0.05, 0) is 38.9 Å². The minimum absolute atomic E-state index is 0. The first kappa shape index (κ1) is 24.6. The van der Waals surface area contributed by atoms with E-state index in [2.05, 4.69) is 4.90 Å². The van der Waals surface area contributed by atoms with Crippen molar-refractivity contribution in [3.63, 3.8) is 0 Å². The third kappa shape index (κ3) is 6.30. The van der Waals surface area contributed by atoms with Crippen LogP contribution in [0.1, 0.15) is 25.3 Å². The standard InChI is InChI=1S/C19H27ClFN3O3.ClH/c1-13(24-9-7-14(8-10-24)22(2)12-18(25)26)19(27)23(3)11-15-16(20)5-4-6-17(15)21;/h4-6,13-14H,7-12H2,1-3H3,(H,25,26);1H. The quantitative estimate of drug-likeness (QED) is 0.712. The molecule has 0 aliphatic carbocycles. The number of carbonyl (C=O) groups excluding carboxylic acids is 1. The Kier molecular flexibility index (Phi) is 9.63. The van der Waals surface area contributed by atoms with Crippen LogP contribution in [0.3, 0.4) is 0 Å². The Morgan fingerprint density at radius 3 is 2.46 bits per heavy atom. The number of amides is 1. The molecule has 2 rings (SSSR count). The summed E-state index contributed by atoms with van der Waals surface area (Å²) in [5, 5.41) is 9.22. The second-order valence-electron chi connectivity index (χ2n) is 7.15. The Morgan fingerprint density at radius 1 is 1.32 bits per heavy atom. The van der Waals surface area contributed by atoms with Crippen molar-refractivity contribution >= 4 is 35.9 Å². The van der Waals surface area contributed by atoms with Crippen molar-refractivity contribution < 1.29 is 19.1 Å². The van der Waals surface area contributed by atoms with E-state index in [1.165, 1.54) is 17.0 Å². The Labute approximate surface area is 176 Å². The van der Waals surface area contributed by atoms with Crippen molar-refractivity contribution in [1.82, 2.24) is 14.7 Å². The van der Waals surface area contributed by atoms with Gasteiger partial charge >= 0.3 is 5.97 Å². The van der Waals surface area contributed by atoms with Crippen molar-refractivity contribution in [3.8, 4) is 0 Å². The van der Waals surface area contributed by atoms with Gasteiger partial charge in [0.05, 0.1) is 12.6 Å². The number of hydrogen-bond acceptors (Lipinski definition) is 4.